The van der Waals surface area contributed by atoms with Crippen LogP contribution in [0.5, 0.6) is 0 Å². The van der Waals surface area contributed by atoms with Crippen molar-refractivity contribution < 1.29 is 0 Å². The standard InChI is InChI=1S/C17H27BrN2/c1-3-4-14-7-9-20(10-8-14)17(12-19)15-6-5-13(2)16(18)11-15/h5-6,11,14,17H,3-4,7-10,12,19H2,1-2H3. The summed E-state index contributed by atoms with van der Waals surface area (Å²) in [6, 6.07) is 7.03. The summed E-state index contributed by atoms with van der Waals surface area (Å²) in [4.78, 5) is 2.57. The van der Waals surface area contributed by atoms with Crippen LogP contribution >= 0.6 is 15.9 Å². The average molecular weight is 339 g/mol. The molecule has 1 saturated heterocycles. The van der Waals surface area contributed by atoms with Gasteiger partial charge in [-0.3, -0.25) is 4.90 Å². The maximum atomic E-state index is 6.06. The van der Waals surface area contributed by atoms with E-state index in [1.54, 1.807) is 0 Å². The highest BCUT2D eigenvalue weighted by atomic mass is 79.9. The minimum absolute atomic E-state index is 0.370. The first-order valence-corrected chi connectivity index (χ1v) is 8.65. The van der Waals surface area contributed by atoms with Crippen molar-refractivity contribution in [3.8, 4) is 0 Å². The molecule has 112 valence electrons. The Labute approximate surface area is 131 Å². The molecular formula is C17H27BrN2. The Hall–Kier alpha value is -0.380. The van der Waals surface area contributed by atoms with Gasteiger partial charge in [-0.25, -0.2) is 0 Å². The predicted octanol–water partition coefficient (Wildman–Crippen LogP) is 4.27. The molecule has 2 N–H and O–H groups in total. The summed E-state index contributed by atoms with van der Waals surface area (Å²) in [5, 5.41) is 0. The number of aryl methyl sites for hydroxylation is 1. The minimum Gasteiger partial charge on any atom is -0.329 e. The van der Waals surface area contributed by atoms with E-state index in [1.807, 2.05) is 0 Å². The second-order valence-electron chi connectivity index (χ2n) is 6.03. The van der Waals surface area contributed by atoms with Crippen LogP contribution in [0, 0.1) is 12.8 Å². The van der Waals surface area contributed by atoms with Crippen molar-refractivity contribution >= 4 is 15.9 Å². The molecule has 1 heterocycles. The molecular weight excluding hydrogens is 312 g/mol. The number of piperidine rings is 1. The summed E-state index contributed by atoms with van der Waals surface area (Å²) in [7, 11) is 0. The summed E-state index contributed by atoms with van der Waals surface area (Å²) in [5.41, 5.74) is 8.69. The van der Waals surface area contributed by atoms with Crippen LogP contribution in [0.1, 0.15) is 49.8 Å². The molecule has 1 fully saturated rings. The summed E-state index contributed by atoms with van der Waals surface area (Å²) >= 11 is 3.64. The number of hydrogen-bond donors (Lipinski definition) is 1. The van der Waals surface area contributed by atoms with Gasteiger partial charge in [0, 0.05) is 17.1 Å². The average Bonchev–Trinajstić information content (AvgIpc) is 2.46. The van der Waals surface area contributed by atoms with Gasteiger partial charge in [0.2, 0.25) is 0 Å². The number of rotatable bonds is 5. The van der Waals surface area contributed by atoms with Crippen LogP contribution < -0.4 is 5.73 Å². The molecule has 0 saturated carbocycles. The Balaban J connectivity index is 2.03. The van der Waals surface area contributed by atoms with Crippen molar-refractivity contribution in [2.24, 2.45) is 11.7 Å². The molecule has 3 heteroatoms. The molecule has 0 aromatic heterocycles. The molecule has 1 atom stereocenters. The van der Waals surface area contributed by atoms with E-state index in [1.165, 1.54) is 54.4 Å². The molecule has 2 rings (SSSR count). The van der Waals surface area contributed by atoms with Gasteiger partial charge in [0.1, 0.15) is 0 Å². The van der Waals surface area contributed by atoms with Crippen LogP contribution in [-0.2, 0) is 0 Å². The van der Waals surface area contributed by atoms with Gasteiger partial charge in [-0.2, -0.15) is 0 Å². The smallest absolute Gasteiger partial charge is 0.0470 e. The lowest BCUT2D eigenvalue weighted by atomic mass is 9.91. The lowest BCUT2D eigenvalue weighted by Gasteiger charge is -2.37. The Morgan fingerprint density at radius 1 is 1.35 bits per heavy atom. The zero-order valence-electron chi connectivity index (χ0n) is 12.7. The fraction of sp³-hybridized carbons (Fsp3) is 0.647. The largest absolute Gasteiger partial charge is 0.329 e. The Morgan fingerprint density at radius 2 is 2.05 bits per heavy atom. The Kier molecular flexibility index (Phi) is 6.06. The number of halogens is 1. The lowest BCUT2D eigenvalue weighted by Crippen LogP contribution is -2.39. The van der Waals surface area contributed by atoms with Crippen molar-refractivity contribution in [3.05, 3.63) is 33.8 Å². The van der Waals surface area contributed by atoms with Gasteiger partial charge in [-0.15, -0.1) is 0 Å². The summed E-state index contributed by atoms with van der Waals surface area (Å²) in [6.07, 6.45) is 5.36. The van der Waals surface area contributed by atoms with Crippen LogP contribution in [0.15, 0.2) is 22.7 Å². The third-order valence-corrected chi connectivity index (χ3v) is 5.45. The van der Waals surface area contributed by atoms with Crippen LogP contribution in [0.3, 0.4) is 0 Å². The highest BCUT2D eigenvalue weighted by Gasteiger charge is 2.25. The van der Waals surface area contributed by atoms with Crippen LogP contribution in [-0.4, -0.2) is 24.5 Å². The lowest BCUT2D eigenvalue weighted by molar-refractivity contribution is 0.131. The molecule has 0 radical (unpaired) electrons. The van der Waals surface area contributed by atoms with Crippen molar-refractivity contribution in [2.75, 3.05) is 19.6 Å². The van der Waals surface area contributed by atoms with E-state index in [2.05, 4.69) is 52.9 Å². The van der Waals surface area contributed by atoms with E-state index in [4.69, 9.17) is 5.73 Å². The molecule has 0 amide bonds. The summed E-state index contributed by atoms with van der Waals surface area (Å²) < 4.78 is 1.19. The third-order valence-electron chi connectivity index (χ3n) is 4.59. The van der Waals surface area contributed by atoms with Gasteiger partial charge in [0.05, 0.1) is 0 Å². The maximum absolute atomic E-state index is 6.06. The first-order valence-electron chi connectivity index (χ1n) is 7.85. The Morgan fingerprint density at radius 3 is 2.60 bits per heavy atom. The van der Waals surface area contributed by atoms with E-state index in [-0.39, 0.29) is 0 Å². The van der Waals surface area contributed by atoms with E-state index in [0.717, 1.165) is 5.92 Å². The summed E-state index contributed by atoms with van der Waals surface area (Å²) in [6.45, 7) is 7.50. The van der Waals surface area contributed by atoms with Crippen molar-refractivity contribution in [2.45, 2.75) is 45.6 Å². The highest BCUT2D eigenvalue weighted by molar-refractivity contribution is 9.10. The second-order valence-corrected chi connectivity index (χ2v) is 6.88. The topological polar surface area (TPSA) is 29.3 Å². The van der Waals surface area contributed by atoms with Gasteiger partial charge in [-0.1, -0.05) is 47.8 Å². The van der Waals surface area contributed by atoms with Gasteiger partial charge in [0.25, 0.3) is 0 Å². The number of hydrogen-bond acceptors (Lipinski definition) is 2. The molecule has 1 aliphatic heterocycles. The van der Waals surface area contributed by atoms with Crippen LogP contribution in [0.25, 0.3) is 0 Å². The van der Waals surface area contributed by atoms with E-state index < -0.39 is 0 Å². The van der Waals surface area contributed by atoms with Gasteiger partial charge in [-0.05, 0) is 56.0 Å². The fourth-order valence-electron chi connectivity index (χ4n) is 3.27. The molecule has 1 aromatic rings. The van der Waals surface area contributed by atoms with E-state index in [0.29, 0.717) is 12.6 Å². The van der Waals surface area contributed by atoms with Crippen molar-refractivity contribution in [1.29, 1.82) is 0 Å². The van der Waals surface area contributed by atoms with Gasteiger partial charge < -0.3 is 5.73 Å². The second kappa shape index (κ2) is 7.58. The molecule has 1 aromatic carbocycles. The normalized spacial score (nSPS) is 19.2. The molecule has 0 aliphatic carbocycles. The van der Waals surface area contributed by atoms with Crippen molar-refractivity contribution in [3.63, 3.8) is 0 Å². The highest BCUT2D eigenvalue weighted by Crippen LogP contribution is 2.30. The zero-order valence-corrected chi connectivity index (χ0v) is 14.3. The van der Waals surface area contributed by atoms with Gasteiger partial charge in [0.15, 0.2) is 0 Å². The number of nitrogens with two attached hydrogens (primary N) is 1. The molecule has 0 spiro atoms. The summed E-state index contributed by atoms with van der Waals surface area (Å²) in [5.74, 6) is 0.930. The molecule has 1 aliphatic rings. The minimum atomic E-state index is 0.370. The molecule has 2 nitrogen and oxygen atoms in total. The number of nitrogens with zero attached hydrogens (tertiary/aromatic N) is 1. The maximum Gasteiger partial charge on any atom is 0.0470 e. The zero-order chi connectivity index (χ0) is 14.5. The first kappa shape index (κ1) is 16.0. The molecule has 20 heavy (non-hydrogen) atoms. The van der Waals surface area contributed by atoms with E-state index in [9.17, 15) is 0 Å². The van der Waals surface area contributed by atoms with Crippen molar-refractivity contribution in [1.82, 2.24) is 4.90 Å². The van der Waals surface area contributed by atoms with Gasteiger partial charge >= 0.3 is 0 Å². The SMILES string of the molecule is CCCC1CCN(C(CN)c2ccc(C)c(Br)c2)CC1. The van der Waals surface area contributed by atoms with Crippen LogP contribution in [0.2, 0.25) is 0 Å². The quantitative estimate of drug-likeness (QED) is 0.868. The monoisotopic (exact) mass is 338 g/mol. The first-order chi connectivity index (χ1) is 9.65. The Bertz CT molecular complexity index is 425. The number of likely N-dealkylation sites (tertiary alicyclic amines) is 1. The van der Waals surface area contributed by atoms with E-state index >= 15 is 0 Å². The molecule has 1 unspecified atom stereocenters. The van der Waals surface area contributed by atoms with Crippen LogP contribution in [0.4, 0.5) is 0 Å². The predicted molar refractivity (Wildman–Crippen MR) is 89.9 cm³/mol. The molecule has 0 bridgehead atoms. The third kappa shape index (κ3) is 3.84. The fourth-order valence-corrected chi connectivity index (χ4v) is 3.67. The number of benzene rings is 1.